The third kappa shape index (κ3) is 3.13. The molecule has 0 aliphatic carbocycles. The summed E-state index contributed by atoms with van der Waals surface area (Å²) in [6, 6.07) is 10.0. The second-order valence-corrected chi connectivity index (χ2v) is 4.21. The molecule has 0 saturated carbocycles. The molecule has 4 heteroatoms. The summed E-state index contributed by atoms with van der Waals surface area (Å²) in [5.74, 6) is 0.0487. The molecule has 2 rings (SSSR count). The monoisotopic (exact) mass is 241 g/mol. The number of ketones is 1. The van der Waals surface area contributed by atoms with Gasteiger partial charge in [-0.25, -0.2) is 4.68 Å². The van der Waals surface area contributed by atoms with Gasteiger partial charge in [0.05, 0.1) is 12.7 Å². The molecule has 0 radical (unpaired) electrons. The van der Waals surface area contributed by atoms with Crippen LogP contribution in [0.2, 0.25) is 0 Å². The molecule has 2 aromatic rings. The number of hydrogen-bond donors (Lipinski definition) is 0. The minimum atomic E-state index is 0.0487. The molecule has 0 aliphatic rings. The summed E-state index contributed by atoms with van der Waals surface area (Å²) >= 11 is 0. The van der Waals surface area contributed by atoms with Crippen molar-refractivity contribution in [2.75, 3.05) is 0 Å². The molecule has 4 nitrogen and oxygen atoms in total. The molecule has 0 atom stereocenters. The lowest BCUT2D eigenvalue weighted by molar-refractivity contribution is -0.113. The molecule has 0 aliphatic heterocycles. The molecule has 1 aromatic heterocycles. The van der Waals surface area contributed by atoms with Gasteiger partial charge in [-0.3, -0.25) is 4.79 Å². The van der Waals surface area contributed by atoms with Crippen LogP contribution in [-0.4, -0.2) is 20.8 Å². The molecule has 0 bridgehead atoms. The minimum absolute atomic E-state index is 0.0487. The number of allylic oxidation sites excluding steroid dienone is 1. The number of benzene rings is 1. The van der Waals surface area contributed by atoms with Crippen molar-refractivity contribution in [3.8, 4) is 0 Å². The van der Waals surface area contributed by atoms with Crippen molar-refractivity contribution in [3.63, 3.8) is 0 Å². The van der Waals surface area contributed by atoms with Gasteiger partial charge in [-0.2, -0.15) is 0 Å². The first-order valence-electron chi connectivity index (χ1n) is 5.78. The van der Waals surface area contributed by atoms with Gasteiger partial charge in [-0.05, 0) is 31.1 Å². The van der Waals surface area contributed by atoms with Crippen LogP contribution in [0.25, 0.3) is 6.08 Å². The van der Waals surface area contributed by atoms with E-state index in [2.05, 4.69) is 10.3 Å². The maximum atomic E-state index is 11.1. The predicted molar refractivity (Wildman–Crippen MR) is 69.9 cm³/mol. The van der Waals surface area contributed by atoms with Gasteiger partial charge in [-0.1, -0.05) is 35.5 Å². The van der Waals surface area contributed by atoms with Crippen LogP contribution in [0.1, 0.15) is 25.1 Å². The molecule has 0 saturated heterocycles. The minimum Gasteiger partial charge on any atom is -0.295 e. The van der Waals surface area contributed by atoms with Gasteiger partial charge in [0.25, 0.3) is 0 Å². The zero-order valence-corrected chi connectivity index (χ0v) is 10.5. The van der Waals surface area contributed by atoms with E-state index in [-0.39, 0.29) is 5.78 Å². The van der Waals surface area contributed by atoms with E-state index in [0.717, 1.165) is 0 Å². The number of carbonyl (C=O) groups is 1. The highest BCUT2D eigenvalue weighted by Crippen LogP contribution is 2.06. The highest BCUT2D eigenvalue weighted by atomic mass is 16.1. The molecule has 92 valence electrons. The van der Waals surface area contributed by atoms with Gasteiger partial charge < -0.3 is 0 Å². The lowest BCUT2D eigenvalue weighted by atomic mass is 10.2. The number of rotatable bonds is 4. The molecule has 18 heavy (non-hydrogen) atoms. The maximum Gasteiger partial charge on any atom is 0.155 e. The van der Waals surface area contributed by atoms with E-state index in [4.69, 9.17) is 0 Å². The SMILES string of the molecule is CC(=O)/C(C)=C/c1cn(Cc2ccccc2)nn1. The zero-order chi connectivity index (χ0) is 13.0. The average Bonchev–Trinajstić information content (AvgIpc) is 2.77. The standard InChI is InChI=1S/C14H15N3O/c1-11(12(2)18)8-14-10-17(16-15-14)9-13-6-4-3-5-7-13/h3-8,10H,9H2,1-2H3/b11-8+. The number of hydrogen-bond acceptors (Lipinski definition) is 3. The fourth-order valence-electron chi connectivity index (χ4n) is 1.55. The number of Topliss-reactive ketones (excluding diaryl/α,β-unsaturated/α-hetero) is 1. The fraction of sp³-hybridized carbons (Fsp3) is 0.214. The Bertz CT molecular complexity index is 570. The van der Waals surface area contributed by atoms with Crippen molar-refractivity contribution in [1.29, 1.82) is 0 Å². The number of carbonyl (C=O) groups excluding carboxylic acids is 1. The van der Waals surface area contributed by atoms with Crippen molar-refractivity contribution in [2.45, 2.75) is 20.4 Å². The quantitative estimate of drug-likeness (QED) is 0.772. The van der Waals surface area contributed by atoms with Gasteiger partial charge in [0.2, 0.25) is 0 Å². The zero-order valence-electron chi connectivity index (χ0n) is 10.5. The summed E-state index contributed by atoms with van der Waals surface area (Å²) < 4.78 is 1.76. The molecule has 1 aromatic carbocycles. The molecule has 0 spiro atoms. The first-order valence-corrected chi connectivity index (χ1v) is 5.78. The van der Waals surface area contributed by atoms with E-state index in [0.29, 0.717) is 17.8 Å². The van der Waals surface area contributed by atoms with E-state index < -0.39 is 0 Å². The third-order valence-electron chi connectivity index (χ3n) is 2.66. The molecular formula is C14H15N3O. The molecule has 0 N–H and O–H groups in total. The topological polar surface area (TPSA) is 47.8 Å². The fourth-order valence-corrected chi connectivity index (χ4v) is 1.55. The Morgan fingerprint density at radius 2 is 2.00 bits per heavy atom. The van der Waals surface area contributed by atoms with Crippen LogP contribution in [0.3, 0.4) is 0 Å². The summed E-state index contributed by atoms with van der Waals surface area (Å²) in [5, 5.41) is 8.05. The van der Waals surface area contributed by atoms with Crippen molar-refractivity contribution in [1.82, 2.24) is 15.0 Å². The normalized spacial score (nSPS) is 11.6. The summed E-state index contributed by atoms with van der Waals surface area (Å²) in [4.78, 5) is 11.1. The van der Waals surface area contributed by atoms with Crippen LogP contribution < -0.4 is 0 Å². The molecule has 0 amide bonds. The van der Waals surface area contributed by atoms with Gasteiger partial charge in [0, 0.05) is 0 Å². The maximum absolute atomic E-state index is 11.1. The van der Waals surface area contributed by atoms with E-state index in [1.54, 1.807) is 24.6 Å². The molecule has 0 unspecified atom stereocenters. The Morgan fingerprint density at radius 1 is 1.28 bits per heavy atom. The molecule has 0 fully saturated rings. The van der Waals surface area contributed by atoms with Crippen LogP contribution in [-0.2, 0) is 11.3 Å². The summed E-state index contributed by atoms with van der Waals surface area (Å²) in [6.45, 7) is 4.00. The number of nitrogens with zero attached hydrogens (tertiary/aromatic N) is 3. The van der Waals surface area contributed by atoms with E-state index in [1.165, 1.54) is 5.56 Å². The summed E-state index contributed by atoms with van der Waals surface area (Å²) in [7, 11) is 0. The Hall–Kier alpha value is -2.23. The Kier molecular flexibility index (Phi) is 3.67. The van der Waals surface area contributed by atoms with Crippen molar-refractivity contribution in [3.05, 3.63) is 53.4 Å². The highest BCUT2D eigenvalue weighted by Gasteiger charge is 2.01. The molecule has 1 heterocycles. The first-order chi connectivity index (χ1) is 8.65. The van der Waals surface area contributed by atoms with E-state index >= 15 is 0 Å². The second-order valence-electron chi connectivity index (χ2n) is 4.21. The Balaban J connectivity index is 2.12. The van der Waals surface area contributed by atoms with Crippen molar-refractivity contribution < 1.29 is 4.79 Å². The van der Waals surface area contributed by atoms with Gasteiger partial charge in [0.1, 0.15) is 5.69 Å². The van der Waals surface area contributed by atoms with Gasteiger partial charge in [-0.15, -0.1) is 5.10 Å². The van der Waals surface area contributed by atoms with E-state index in [9.17, 15) is 4.79 Å². The lowest BCUT2D eigenvalue weighted by Gasteiger charge is -1.99. The summed E-state index contributed by atoms with van der Waals surface area (Å²) in [6.07, 6.45) is 3.58. The smallest absolute Gasteiger partial charge is 0.155 e. The Morgan fingerprint density at radius 3 is 2.67 bits per heavy atom. The Labute approximate surface area is 106 Å². The lowest BCUT2D eigenvalue weighted by Crippen LogP contribution is -1.99. The van der Waals surface area contributed by atoms with E-state index in [1.807, 2.05) is 36.5 Å². The van der Waals surface area contributed by atoms with Crippen LogP contribution in [0.15, 0.2) is 42.1 Å². The highest BCUT2D eigenvalue weighted by molar-refractivity contribution is 5.96. The van der Waals surface area contributed by atoms with Gasteiger partial charge >= 0.3 is 0 Å². The summed E-state index contributed by atoms with van der Waals surface area (Å²) in [5.41, 5.74) is 2.56. The van der Waals surface area contributed by atoms with Crippen molar-refractivity contribution in [2.24, 2.45) is 0 Å². The second kappa shape index (κ2) is 5.40. The average molecular weight is 241 g/mol. The molecular weight excluding hydrogens is 226 g/mol. The first kappa shape index (κ1) is 12.2. The third-order valence-corrected chi connectivity index (χ3v) is 2.66. The predicted octanol–water partition coefficient (Wildman–Crippen LogP) is 2.32. The largest absolute Gasteiger partial charge is 0.295 e. The van der Waals surface area contributed by atoms with Crippen LogP contribution >= 0.6 is 0 Å². The van der Waals surface area contributed by atoms with Crippen LogP contribution in [0, 0.1) is 0 Å². The van der Waals surface area contributed by atoms with Crippen LogP contribution in [0.5, 0.6) is 0 Å². The number of aromatic nitrogens is 3. The van der Waals surface area contributed by atoms with Crippen LogP contribution in [0.4, 0.5) is 0 Å². The van der Waals surface area contributed by atoms with Gasteiger partial charge in [0.15, 0.2) is 5.78 Å². The van der Waals surface area contributed by atoms with Crippen molar-refractivity contribution >= 4 is 11.9 Å².